The molecule has 0 atom stereocenters. The van der Waals surface area contributed by atoms with Gasteiger partial charge in [0, 0.05) is 17.7 Å². The van der Waals surface area contributed by atoms with Crippen molar-refractivity contribution >= 4 is 0 Å². The highest BCUT2D eigenvalue weighted by molar-refractivity contribution is 5.60. The van der Waals surface area contributed by atoms with Crippen LogP contribution in [0.15, 0.2) is 42.6 Å². The van der Waals surface area contributed by atoms with E-state index in [0.717, 1.165) is 5.56 Å². The molecular weight excluding hydrogens is 313 g/mol. The van der Waals surface area contributed by atoms with Crippen LogP contribution in [0, 0.1) is 5.82 Å². The van der Waals surface area contributed by atoms with E-state index >= 15 is 0 Å². The lowest BCUT2D eigenvalue weighted by molar-refractivity contribution is 0.324. The molecule has 0 fully saturated rings. The topological polar surface area (TPSA) is 58.4 Å². The summed E-state index contributed by atoms with van der Waals surface area (Å²) in [5.74, 6) is 1.25. The lowest BCUT2D eigenvalue weighted by atomic mass is 10.2. The largest absolute Gasteiger partial charge is 0.493 e. The van der Waals surface area contributed by atoms with Gasteiger partial charge in [-0.3, -0.25) is 0 Å². The third-order valence-electron chi connectivity index (χ3n) is 3.55. The van der Waals surface area contributed by atoms with E-state index in [0.29, 0.717) is 28.6 Å². The Labute approximate surface area is 138 Å². The minimum Gasteiger partial charge on any atom is -0.493 e. The highest BCUT2D eigenvalue weighted by Gasteiger charge is 2.15. The summed E-state index contributed by atoms with van der Waals surface area (Å²) < 4.78 is 30.6. The Morgan fingerprint density at radius 3 is 2.08 bits per heavy atom. The van der Waals surface area contributed by atoms with Crippen LogP contribution in [0.1, 0.15) is 0 Å². The van der Waals surface area contributed by atoms with Crippen molar-refractivity contribution in [2.24, 2.45) is 0 Å². The second-order valence-electron chi connectivity index (χ2n) is 4.94. The molecular formula is C17H16FN3O3. The zero-order chi connectivity index (χ0) is 17.1. The van der Waals surface area contributed by atoms with E-state index in [4.69, 9.17) is 14.2 Å². The Morgan fingerprint density at radius 1 is 0.917 bits per heavy atom. The van der Waals surface area contributed by atoms with Crippen LogP contribution in [0.25, 0.3) is 16.9 Å². The van der Waals surface area contributed by atoms with Gasteiger partial charge in [-0.05, 0) is 24.3 Å². The van der Waals surface area contributed by atoms with Crippen molar-refractivity contribution in [1.82, 2.24) is 15.0 Å². The summed E-state index contributed by atoms with van der Waals surface area (Å²) >= 11 is 0. The van der Waals surface area contributed by atoms with Crippen molar-refractivity contribution in [3.05, 3.63) is 48.4 Å². The Bertz CT molecular complexity index is 822. The molecule has 0 saturated carbocycles. The lowest BCUT2D eigenvalue weighted by Crippen LogP contribution is -2.00. The Morgan fingerprint density at radius 2 is 1.54 bits per heavy atom. The van der Waals surface area contributed by atoms with Gasteiger partial charge in [-0.15, -0.1) is 5.10 Å². The molecule has 24 heavy (non-hydrogen) atoms. The first-order chi connectivity index (χ1) is 11.7. The number of hydrogen-bond acceptors (Lipinski definition) is 5. The summed E-state index contributed by atoms with van der Waals surface area (Å²) in [6.45, 7) is 0. The number of rotatable bonds is 5. The van der Waals surface area contributed by atoms with Crippen LogP contribution >= 0.6 is 0 Å². The van der Waals surface area contributed by atoms with Crippen molar-refractivity contribution < 1.29 is 18.6 Å². The molecule has 2 aromatic carbocycles. The smallest absolute Gasteiger partial charge is 0.203 e. The highest BCUT2D eigenvalue weighted by Crippen LogP contribution is 2.39. The van der Waals surface area contributed by atoms with Crippen LogP contribution in [0.2, 0.25) is 0 Å². The average molecular weight is 329 g/mol. The molecule has 124 valence electrons. The second kappa shape index (κ2) is 6.57. The van der Waals surface area contributed by atoms with Gasteiger partial charge >= 0.3 is 0 Å². The maximum absolute atomic E-state index is 13.0. The van der Waals surface area contributed by atoms with Crippen LogP contribution in [-0.4, -0.2) is 36.3 Å². The van der Waals surface area contributed by atoms with Crippen molar-refractivity contribution in [2.75, 3.05) is 21.3 Å². The van der Waals surface area contributed by atoms with Gasteiger partial charge in [0.25, 0.3) is 0 Å². The maximum atomic E-state index is 13.0. The minimum absolute atomic E-state index is 0.296. The van der Waals surface area contributed by atoms with Crippen LogP contribution in [0.4, 0.5) is 4.39 Å². The molecule has 0 radical (unpaired) electrons. The molecule has 0 amide bonds. The quantitative estimate of drug-likeness (QED) is 0.720. The predicted molar refractivity (Wildman–Crippen MR) is 86.4 cm³/mol. The van der Waals surface area contributed by atoms with Crippen molar-refractivity contribution in [3.63, 3.8) is 0 Å². The molecule has 0 aliphatic carbocycles. The molecule has 7 heteroatoms. The molecule has 0 unspecified atom stereocenters. The zero-order valence-corrected chi connectivity index (χ0v) is 13.5. The van der Waals surface area contributed by atoms with Crippen LogP contribution in [0.5, 0.6) is 17.2 Å². The molecule has 1 aromatic heterocycles. The Kier molecular flexibility index (Phi) is 4.33. The van der Waals surface area contributed by atoms with Gasteiger partial charge in [-0.25, -0.2) is 9.07 Å². The van der Waals surface area contributed by atoms with Crippen molar-refractivity contribution in [1.29, 1.82) is 0 Å². The fourth-order valence-corrected chi connectivity index (χ4v) is 2.34. The first-order valence-corrected chi connectivity index (χ1v) is 7.15. The van der Waals surface area contributed by atoms with Gasteiger partial charge < -0.3 is 14.2 Å². The van der Waals surface area contributed by atoms with Gasteiger partial charge in [0.1, 0.15) is 11.5 Å². The summed E-state index contributed by atoms with van der Waals surface area (Å²) in [5.41, 5.74) is 2.10. The standard InChI is InChI=1S/C17H16FN3O3/c1-22-15-8-13(9-16(23-2)17(15)24-3)21-10-14(19-20-21)11-4-6-12(18)7-5-11/h4-10H,1-3H3. The molecule has 1 heterocycles. The van der Waals surface area contributed by atoms with Crippen molar-refractivity contribution in [2.45, 2.75) is 0 Å². The fraction of sp³-hybridized carbons (Fsp3) is 0.176. The zero-order valence-electron chi connectivity index (χ0n) is 13.5. The van der Waals surface area contributed by atoms with Crippen molar-refractivity contribution in [3.8, 4) is 34.2 Å². The van der Waals surface area contributed by atoms with Gasteiger partial charge in [0.2, 0.25) is 5.75 Å². The number of ether oxygens (including phenoxy) is 3. The van der Waals surface area contributed by atoms with E-state index in [1.54, 1.807) is 56.5 Å². The number of halogens is 1. The predicted octanol–water partition coefficient (Wildman–Crippen LogP) is 3.10. The molecule has 0 N–H and O–H groups in total. The summed E-state index contributed by atoms with van der Waals surface area (Å²) in [6.07, 6.45) is 1.74. The van der Waals surface area contributed by atoms with E-state index in [2.05, 4.69) is 10.3 Å². The van der Waals surface area contributed by atoms with Gasteiger partial charge in [-0.1, -0.05) is 5.21 Å². The average Bonchev–Trinajstić information content (AvgIpc) is 3.11. The summed E-state index contributed by atoms with van der Waals surface area (Å²) in [4.78, 5) is 0. The number of nitrogens with zero attached hydrogens (tertiary/aromatic N) is 3. The molecule has 3 rings (SSSR count). The lowest BCUT2D eigenvalue weighted by Gasteiger charge is -2.13. The summed E-state index contributed by atoms with van der Waals surface area (Å²) in [6, 6.07) is 9.61. The van der Waals surface area contributed by atoms with Gasteiger partial charge in [-0.2, -0.15) is 0 Å². The maximum Gasteiger partial charge on any atom is 0.203 e. The normalized spacial score (nSPS) is 10.5. The van der Waals surface area contributed by atoms with E-state index in [9.17, 15) is 4.39 Å². The molecule has 0 spiro atoms. The SMILES string of the molecule is COc1cc(-n2cc(-c3ccc(F)cc3)nn2)cc(OC)c1OC. The molecule has 0 bridgehead atoms. The second-order valence-corrected chi connectivity index (χ2v) is 4.94. The van der Waals surface area contributed by atoms with Crippen LogP contribution in [0.3, 0.4) is 0 Å². The van der Waals surface area contributed by atoms with E-state index in [-0.39, 0.29) is 5.82 Å². The third kappa shape index (κ3) is 2.88. The first kappa shape index (κ1) is 15.8. The van der Waals surface area contributed by atoms with E-state index in [1.165, 1.54) is 12.1 Å². The number of hydrogen-bond donors (Lipinski definition) is 0. The number of aromatic nitrogens is 3. The minimum atomic E-state index is -0.296. The molecule has 3 aromatic rings. The molecule has 0 aliphatic rings. The van der Waals surface area contributed by atoms with Gasteiger partial charge in [0.05, 0.1) is 33.2 Å². The first-order valence-electron chi connectivity index (χ1n) is 7.15. The monoisotopic (exact) mass is 329 g/mol. The number of benzene rings is 2. The Balaban J connectivity index is 2.02. The fourth-order valence-electron chi connectivity index (χ4n) is 2.34. The van der Waals surface area contributed by atoms with Gasteiger partial charge in [0.15, 0.2) is 11.5 Å². The molecule has 0 saturated heterocycles. The van der Waals surface area contributed by atoms with Crippen LogP contribution < -0.4 is 14.2 Å². The summed E-state index contributed by atoms with van der Waals surface area (Å²) in [7, 11) is 4.64. The Hall–Kier alpha value is -3.09. The number of methoxy groups -OCH3 is 3. The highest BCUT2D eigenvalue weighted by atomic mass is 19.1. The summed E-state index contributed by atoms with van der Waals surface area (Å²) in [5, 5.41) is 8.24. The molecule has 0 aliphatic heterocycles. The van der Waals surface area contributed by atoms with E-state index < -0.39 is 0 Å². The molecule has 6 nitrogen and oxygen atoms in total. The third-order valence-corrected chi connectivity index (χ3v) is 3.55. The van der Waals surface area contributed by atoms with Crippen LogP contribution in [-0.2, 0) is 0 Å². The van der Waals surface area contributed by atoms with E-state index in [1.807, 2.05) is 0 Å².